The fourth-order valence-electron chi connectivity index (χ4n) is 2.59. The van der Waals surface area contributed by atoms with Crippen LogP contribution < -0.4 is 19.1 Å². The van der Waals surface area contributed by atoms with E-state index in [4.69, 9.17) is 14.2 Å². The van der Waals surface area contributed by atoms with Crippen molar-refractivity contribution in [1.82, 2.24) is 0 Å². The number of nitrogens with zero attached hydrogens (tertiary/aromatic N) is 1. The summed E-state index contributed by atoms with van der Waals surface area (Å²) >= 11 is 0. The van der Waals surface area contributed by atoms with Crippen LogP contribution in [0.1, 0.15) is 12.5 Å². The minimum atomic E-state index is -0.204. The highest BCUT2D eigenvalue weighted by atomic mass is 16.5. The molecule has 1 N–H and O–H groups in total. The molecule has 0 bridgehead atoms. The number of carbonyl (C=O) groups is 1. The zero-order valence-electron chi connectivity index (χ0n) is 15.4. The van der Waals surface area contributed by atoms with Crippen LogP contribution in [-0.2, 0) is 11.3 Å². The standard InChI is InChI=1S/C20H23NO5/c1-5-7-19(23)21(13-14-8-6-9-16(22)10-14)15-11-17(24-2)20(26-4)18(12-15)25-3/h5-12,22H,13H2,1-4H3/b7-5+. The maximum absolute atomic E-state index is 12.7. The fraction of sp³-hybridized carbons (Fsp3) is 0.250. The lowest BCUT2D eigenvalue weighted by molar-refractivity contribution is -0.114. The van der Waals surface area contributed by atoms with Gasteiger partial charge in [-0.1, -0.05) is 18.2 Å². The summed E-state index contributed by atoms with van der Waals surface area (Å²) in [6, 6.07) is 10.2. The van der Waals surface area contributed by atoms with Crippen LogP contribution in [0.25, 0.3) is 0 Å². The number of hydrogen-bond donors (Lipinski definition) is 1. The van der Waals surface area contributed by atoms with Crippen LogP contribution in [-0.4, -0.2) is 32.3 Å². The number of amides is 1. The van der Waals surface area contributed by atoms with Gasteiger partial charge in [-0.05, 0) is 30.7 Å². The van der Waals surface area contributed by atoms with Crippen LogP contribution in [0, 0.1) is 0 Å². The second-order valence-electron chi connectivity index (χ2n) is 5.48. The highest BCUT2D eigenvalue weighted by Gasteiger charge is 2.20. The fourth-order valence-corrected chi connectivity index (χ4v) is 2.59. The molecule has 2 aromatic rings. The monoisotopic (exact) mass is 357 g/mol. The molecule has 0 fully saturated rings. The Morgan fingerprint density at radius 1 is 1.08 bits per heavy atom. The van der Waals surface area contributed by atoms with E-state index in [0.29, 0.717) is 22.9 Å². The average Bonchev–Trinajstić information content (AvgIpc) is 2.65. The Morgan fingerprint density at radius 2 is 1.73 bits per heavy atom. The molecule has 138 valence electrons. The number of hydrogen-bond acceptors (Lipinski definition) is 5. The second kappa shape index (κ2) is 8.80. The van der Waals surface area contributed by atoms with E-state index >= 15 is 0 Å². The van der Waals surface area contributed by atoms with Gasteiger partial charge in [0, 0.05) is 12.1 Å². The van der Waals surface area contributed by atoms with Crippen molar-refractivity contribution in [1.29, 1.82) is 0 Å². The molecule has 0 saturated carbocycles. The molecule has 0 heterocycles. The normalized spacial score (nSPS) is 10.6. The molecule has 2 rings (SSSR count). The third-order valence-corrected chi connectivity index (χ3v) is 3.79. The van der Waals surface area contributed by atoms with Crippen molar-refractivity contribution in [3.05, 3.63) is 54.1 Å². The van der Waals surface area contributed by atoms with E-state index in [-0.39, 0.29) is 18.2 Å². The maximum Gasteiger partial charge on any atom is 0.250 e. The number of phenols is 1. The van der Waals surface area contributed by atoms with E-state index in [1.807, 2.05) is 6.07 Å². The molecule has 0 unspecified atom stereocenters. The van der Waals surface area contributed by atoms with Crippen LogP contribution in [0.2, 0.25) is 0 Å². The molecule has 0 aliphatic rings. The quantitative estimate of drug-likeness (QED) is 0.768. The van der Waals surface area contributed by atoms with Crippen molar-refractivity contribution in [3.8, 4) is 23.0 Å². The Morgan fingerprint density at radius 3 is 2.23 bits per heavy atom. The number of phenolic OH excluding ortho intramolecular Hbond substituents is 1. The van der Waals surface area contributed by atoms with Gasteiger partial charge in [-0.25, -0.2) is 0 Å². The molecule has 2 aromatic carbocycles. The molecule has 26 heavy (non-hydrogen) atoms. The summed E-state index contributed by atoms with van der Waals surface area (Å²) in [6.07, 6.45) is 3.15. The minimum Gasteiger partial charge on any atom is -0.508 e. The SMILES string of the molecule is C/C=C/C(=O)N(Cc1cccc(O)c1)c1cc(OC)c(OC)c(OC)c1. The van der Waals surface area contributed by atoms with Gasteiger partial charge < -0.3 is 24.2 Å². The summed E-state index contributed by atoms with van der Waals surface area (Å²) in [5.74, 6) is 1.30. The maximum atomic E-state index is 12.7. The first-order chi connectivity index (χ1) is 12.5. The van der Waals surface area contributed by atoms with Crippen molar-refractivity contribution >= 4 is 11.6 Å². The molecule has 0 saturated heterocycles. The number of ether oxygens (including phenoxy) is 3. The molecule has 0 aliphatic carbocycles. The minimum absolute atomic E-state index is 0.144. The van der Waals surface area contributed by atoms with Crippen LogP contribution in [0.3, 0.4) is 0 Å². The van der Waals surface area contributed by atoms with E-state index in [1.165, 1.54) is 27.4 Å². The first-order valence-corrected chi connectivity index (χ1v) is 8.06. The van der Waals surface area contributed by atoms with Crippen molar-refractivity contribution in [2.75, 3.05) is 26.2 Å². The zero-order valence-corrected chi connectivity index (χ0v) is 15.4. The van der Waals surface area contributed by atoms with Crippen molar-refractivity contribution < 1.29 is 24.1 Å². The number of aromatic hydroxyl groups is 1. The van der Waals surface area contributed by atoms with Gasteiger partial charge in [0.25, 0.3) is 5.91 Å². The van der Waals surface area contributed by atoms with Gasteiger partial charge >= 0.3 is 0 Å². The number of rotatable bonds is 7. The number of benzene rings is 2. The zero-order chi connectivity index (χ0) is 19.1. The molecular formula is C20H23NO5. The predicted molar refractivity (Wildman–Crippen MR) is 100 cm³/mol. The summed E-state index contributed by atoms with van der Waals surface area (Å²) in [5, 5.41) is 9.70. The summed E-state index contributed by atoms with van der Waals surface area (Å²) < 4.78 is 16.1. The van der Waals surface area contributed by atoms with Crippen LogP contribution in [0.4, 0.5) is 5.69 Å². The van der Waals surface area contributed by atoms with Crippen LogP contribution in [0.5, 0.6) is 23.0 Å². The Bertz CT molecular complexity index is 776. The molecule has 6 heteroatoms. The molecule has 0 spiro atoms. The largest absolute Gasteiger partial charge is 0.508 e. The average molecular weight is 357 g/mol. The predicted octanol–water partition coefficient (Wildman–Crippen LogP) is 3.53. The van der Waals surface area contributed by atoms with Gasteiger partial charge in [0.2, 0.25) is 5.75 Å². The molecule has 0 aliphatic heterocycles. The lowest BCUT2D eigenvalue weighted by atomic mass is 10.1. The highest BCUT2D eigenvalue weighted by Crippen LogP contribution is 2.41. The first-order valence-electron chi connectivity index (χ1n) is 8.06. The van der Waals surface area contributed by atoms with E-state index in [1.54, 1.807) is 48.2 Å². The summed E-state index contributed by atoms with van der Waals surface area (Å²) in [4.78, 5) is 14.2. The van der Waals surface area contributed by atoms with Gasteiger partial charge in [-0.2, -0.15) is 0 Å². The number of methoxy groups -OCH3 is 3. The molecule has 1 amide bonds. The summed E-state index contributed by atoms with van der Waals surface area (Å²) in [7, 11) is 4.57. The third kappa shape index (κ3) is 4.27. The lowest BCUT2D eigenvalue weighted by Gasteiger charge is -2.24. The van der Waals surface area contributed by atoms with E-state index in [9.17, 15) is 9.90 Å². The highest BCUT2D eigenvalue weighted by molar-refractivity contribution is 6.01. The first kappa shape index (κ1) is 19.2. The molecule has 0 aromatic heterocycles. The number of allylic oxidation sites excluding steroid dienone is 1. The van der Waals surface area contributed by atoms with E-state index < -0.39 is 0 Å². The molecule has 0 radical (unpaired) electrons. The molecular weight excluding hydrogens is 334 g/mol. The van der Waals surface area contributed by atoms with Crippen molar-refractivity contribution in [2.24, 2.45) is 0 Å². The van der Waals surface area contributed by atoms with Gasteiger partial charge in [-0.15, -0.1) is 0 Å². The van der Waals surface area contributed by atoms with Crippen LogP contribution in [0.15, 0.2) is 48.6 Å². The number of anilines is 1. The Balaban J connectivity index is 2.52. The van der Waals surface area contributed by atoms with Gasteiger partial charge in [-0.3, -0.25) is 4.79 Å². The van der Waals surface area contributed by atoms with Gasteiger partial charge in [0.05, 0.1) is 33.6 Å². The molecule has 6 nitrogen and oxygen atoms in total. The molecule has 0 atom stereocenters. The Labute approximate surface area is 153 Å². The van der Waals surface area contributed by atoms with E-state index in [2.05, 4.69) is 0 Å². The smallest absolute Gasteiger partial charge is 0.250 e. The van der Waals surface area contributed by atoms with Gasteiger partial charge in [0.15, 0.2) is 11.5 Å². The third-order valence-electron chi connectivity index (χ3n) is 3.79. The topological polar surface area (TPSA) is 68.2 Å². The summed E-state index contributed by atoms with van der Waals surface area (Å²) in [5.41, 5.74) is 1.38. The summed E-state index contributed by atoms with van der Waals surface area (Å²) in [6.45, 7) is 2.05. The Kier molecular flexibility index (Phi) is 6.49. The van der Waals surface area contributed by atoms with Crippen molar-refractivity contribution in [3.63, 3.8) is 0 Å². The van der Waals surface area contributed by atoms with Crippen molar-refractivity contribution in [2.45, 2.75) is 13.5 Å². The Hall–Kier alpha value is -3.15. The van der Waals surface area contributed by atoms with Gasteiger partial charge in [0.1, 0.15) is 5.75 Å². The number of carbonyl (C=O) groups excluding carboxylic acids is 1. The van der Waals surface area contributed by atoms with E-state index in [0.717, 1.165) is 5.56 Å². The second-order valence-corrected chi connectivity index (χ2v) is 5.48. The lowest BCUT2D eigenvalue weighted by Crippen LogP contribution is -2.28. The van der Waals surface area contributed by atoms with Crippen LogP contribution >= 0.6 is 0 Å².